The predicted molar refractivity (Wildman–Crippen MR) is 76.2 cm³/mol. The minimum absolute atomic E-state index is 0.699. The van der Waals surface area contributed by atoms with Crippen molar-refractivity contribution in [3.8, 4) is 0 Å². The van der Waals surface area contributed by atoms with Gasteiger partial charge in [0.25, 0.3) is 0 Å². The highest BCUT2D eigenvalue weighted by Gasteiger charge is 2.12. The number of halogens is 1. The number of aryl methyl sites for hydroxylation is 4. The van der Waals surface area contributed by atoms with E-state index in [0.29, 0.717) is 11.7 Å². The van der Waals surface area contributed by atoms with Crippen LogP contribution in [-0.4, -0.2) is 19.6 Å². The summed E-state index contributed by atoms with van der Waals surface area (Å²) in [5, 5.41) is 12.8. The molecule has 0 unspecified atom stereocenters. The van der Waals surface area contributed by atoms with Crippen LogP contribution in [0.2, 0.25) is 5.15 Å². The van der Waals surface area contributed by atoms with Gasteiger partial charge in [0, 0.05) is 44.0 Å². The lowest BCUT2D eigenvalue weighted by atomic mass is 10.2. The van der Waals surface area contributed by atoms with Crippen LogP contribution in [0.1, 0.15) is 28.2 Å². The summed E-state index contributed by atoms with van der Waals surface area (Å²) in [6.07, 6.45) is 0. The average molecular weight is 282 g/mol. The SMILES string of the molecule is Cc1nn(C)c(C)c1CNCc1c(C)nn(C)c1Cl. The Morgan fingerprint density at radius 1 is 0.947 bits per heavy atom. The average Bonchev–Trinajstić information content (AvgIpc) is 2.72. The van der Waals surface area contributed by atoms with Crippen molar-refractivity contribution in [1.29, 1.82) is 0 Å². The molecule has 0 bridgehead atoms. The van der Waals surface area contributed by atoms with E-state index in [-0.39, 0.29) is 0 Å². The summed E-state index contributed by atoms with van der Waals surface area (Å²) < 4.78 is 3.61. The highest BCUT2D eigenvalue weighted by molar-refractivity contribution is 6.30. The zero-order valence-corrected chi connectivity index (χ0v) is 12.8. The Balaban J connectivity index is 2.04. The molecule has 5 nitrogen and oxygen atoms in total. The van der Waals surface area contributed by atoms with Gasteiger partial charge in [-0.25, -0.2) is 0 Å². The van der Waals surface area contributed by atoms with Gasteiger partial charge in [-0.2, -0.15) is 10.2 Å². The van der Waals surface area contributed by atoms with Crippen molar-refractivity contribution in [3.05, 3.63) is 33.4 Å². The number of hydrogen-bond acceptors (Lipinski definition) is 3. The van der Waals surface area contributed by atoms with E-state index < -0.39 is 0 Å². The summed E-state index contributed by atoms with van der Waals surface area (Å²) in [5.74, 6) is 0. The molecule has 2 aromatic rings. The fourth-order valence-electron chi connectivity index (χ4n) is 2.26. The molecule has 6 heteroatoms. The lowest BCUT2D eigenvalue weighted by Gasteiger charge is -2.05. The van der Waals surface area contributed by atoms with E-state index >= 15 is 0 Å². The molecule has 0 aliphatic carbocycles. The lowest BCUT2D eigenvalue weighted by molar-refractivity contribution is 0.681. The largest absolute Gasteiger partial charge is 0.308 e. The van der Waals surface area contributed by atoms with E-state index in [1.807, 2.05) is 32.6 Å². The number of nitrogens with one attached hydrogen (secondary N) is 1. The fraction of sp³-hybridized carbons (Fsp3) is 0.538. The maximum Gasteiger partial charge on any atom is 0.131 e. The number of aromatic nitrogens is 4. The summed E-state index contributed by atoms with van der Waals surface area (Å²) in [4.78, 5) is 0. The van der Waals surface area contributed by atoms with Crippen molar-refractivity contribution in [1.82, 2.24) is 24.9 Å². The third-order valence-electron chi connectivity index (χ3n) is 3.53. The zero-order valence-electron chi connectivity index (χ0n) is 12.1. The van der Waals surface area contributed by atoms with Gasteiger partial charge in [-0.05, 0) is 20.8 Å². The topological polar surface area (TPSA) is 47.7 Å². The molecular formula is C13H20ClN5. The Bertz CT molecular complexity index is 544. The van der Waals surface area contributed by atoms with Crippen molar-refractivity contribution in [2.45, 2.75) is 33.9 Å². The van der Waals surface area contributed by atoms with E-state index in [1.165, 1.54) is 11.3 Å². The normalized spacial score (nSPS) is 11.3. The molecule has 0 saturated carbocycles. The van der Waals surface area contributed by atoms with Crippen molar-refractivity contribution >= 4 is 11.6 Å². The van der Waals surface area contributed by atoms with Crippen molar-refractivity contribution in [2.75, 3.05) is 0 Å². The van der Waals surface area contributed by atoms with Crippen molar-refractivity contribution in [3.63, 3.8) is 0 Å². The molecule has 1 N–H and O–H groups in total. The number of hydrogen-bond donors (Lipinski definition) is 1. The summed E-state index contributed by atoms with van der Waals surface area (Å²) in [6.45, 7) is 7.59. The van der Waals surface area contributed by atoms with Crippen LogP contribution in [0.4, 0.5) is 0 Å². The molecule has 0 spiro atoms. The summed E-state index contributed by atoms with van der Waals surface area (Å²) in [6, 6.07) is 0. The second-order valence-electron chi connectivity index (χ2n) is 4.85. The Kier molecular flexibility index (Phi) is 3.96. The first kappa shape index (κ1) is 14.1. The monoisotopic (exact) mass is 281 g/mol. The molecule has 0 aliphatic rings. The molecule has 0 atom stereocenters. The fourth-order valence-corrected chi connectivity index (χ4v) is 2.50. The Labute approximate surface area is 118 Å². The molecule has 2 rings (SSSR count). The number of nitrogens with zero attached hydrogens (tertiary/aromatic N) is 4. The molecular weight excluding hydrogens is 262 g/mol. The van der Waals surface area contributed by atoms with Gasteiger partial charge in [0.1, 0.15) is 5.15 Å². The molecule has 0 amide bonds. The van der Waals surface area contributed by atoms with Gasteiger partial charge in [-0.1, -0.05) is 11.6 Å². The third-order valence-corrected chi connectivity index (χ3v) is 4.01. The van der Waals surface area contributed by atoms with E-state index in [0.717, 1.165) is 23.5 Å². The standard InChI is InChI=1S/C13H20ClN5/c1-8-11(10(3)18(4)16-8)6-15-7-12-9(2)17-19(5)13(12)14/h15H,6-7H2,1-5H3. The Hall–Kier alpha value is -1.33. The first-order chi connectivity index (χ1) is 8.91. The van der Waals surface area contributed by atoms with Gasteiger partial charge in [0.05, 0.1) is 11.4 Å². The van der Waals surface area contributed by atoms with Crippen LogP contribution in [0.25, 0.3) is 0 Å². The molecule has 0 saturated heterocycles. The van der Waals surface area contributed by atoms with E-state index in [9.17, 15) is 0 Å². The highest BCUT2D eigenvalue weighted by atomic mass is 35.5. The summed E-state index contributed by atoms with van der Waals surface area (Å²) in [5.41, 5.74) is 5.55. The summed E-state index contributed by atoms with van der Waals surface area (Å²) >= 11 is 6.21. The van der Waals surface area contributed by atoms with Gasteiger partial charge in [-0.3, -0.25) is 9.36 Å². The first-order valence-corrected chi connectivity index (χ1v) is 6.67. The Morgan fingerprint density at radius 3 is 1.95 bits per heavy atom. The molecule has 19 heavy (non-hydrogen) atoms. The minimum atomic E-state index is 0.699. The van der Waals surface area contributed by atoms with E-state index in [4.69, 9.17) is 11.6 Å². The van der Waals surface area contributed by atoms with Crippen LogP contribution < -0.4 is 5.32 Å². The van der Waals surface area contributed by atoms with Gasteiger partial charge < -0.3 is 5.32 Å². The highest BCUT2D eigenvalue weighted by Crippen LogP contribution is 2.18. The molecule has 0 fully saturated rings. The van der Waals surface area contributed by atoms with Gasteiger partial charge >= 0.3 is 0 Å². The summed E-state index contributed by atoms with van der Waals surface area (Å²) in [7, 11) is 3.82. The molecule has 0 radical (unpaired) electrons. The van der Waals surface area contributed by atoms with Crippen LogP contribution in [0, 0.1) is 20.8 Å². The quantitative estimate of drug-likeness (QED) is 0.933. The molecule has 0 aromatic carbocycles. The molecule has 2 heterocycles. The molecule has 104 valence electrons. The van der Waals surface area contributed by atoms with Crippen LogP contribution in [0.3, 0.4) is 0 Å². The predicted octanol–water partition coefficient (Wildman–Crippen LogP) is 2.02. The van der Waals surface area contributed by atoms with Crippen LogP contribution in [0.15, 0.2) is 0 Å². The van der Waals surface area contributed by atoms with Crippen molar-refractivity contribution < 1.29 is 0 Å². The molecule has 2 aromatic heterocycles. The second kappa shape index (κ2) is 5.35. The minimum Gasteiger partial charge on any atom is -0.308 e. The first-order valence-electron chi connectivity index (χ1n) is 6.29. The van der Waals surface area contributed by atoms with Crippen LogP contribution in [0.5, 0.6) is 0 Å². The molecule has 0 aliphatic heterocycles. The van der Waals surface area contributed by atoms with E-state index in [2.05, 4.69) is 22.4 Å². The van der Waals surface area contributed by atoms with E-state index in [1.54, 1.807) is 4.68 Å². The zero-order chi connectivity index (χ0) is 14.2. The van der Waals surface area contributed by atoms with Crippen LogP contribution in [-0.2, 0) is 27.2 Å². The van der Waals surface area contributed by atoms with Crippen LogP contribution >= 0.6 is 11.6 Å². The maximum atomic E-state index is 6.21. The number of rotatable bonds is 4. The maximum absolute atomic E-state index is 6.21. The third kappa shape index (κ3) is 2.67. The van der Waals surface area contributed by atoms with Gasteiger partial charge in [0.15, 0.2) is 0 Å². The van der Waals surface area contributed by atoms with Gasteiger partial charge in [0.2, 0.25) is 0 Å². The smallest absolute Gasteiger partial charge is 0.131 e. The Morgan fingerprint density at radius 2 is 1.47 bits per heavy atom. The second-order valence-corrected chi connectivity index (χ2v) is 5.21. The van der Waals surface area contributed by atoms with Crippen molar-refractivity contribution in [2.24, 2.45) is 14.1 Å². The lowest BCUT2D eigenvalue weighted by Crippen LogP contribution is -2.14. The van der Waals surface area contributed by atoms with Gasteiger partial charge in [-0.15, -0.1) is 0 Å².